The van der Waals surface area contributed by atoms with E-state index in [0.717, 1.165) is 11.1 Å². The molecule has 0 saturated heterocycles. The standard InChI is InChI=1S/C13H13NO3S.ClH/c1-8(15)17-12-3-2-9(6-11(12)16)13(14)10-4-5-18-7-10;/h2-7,13,16H,14H2,1H3;1H/t13-;/m1./s1. The van der Waals surface area contributed by atoms with Gasteiger partial charge in [0.2, 0.25) is 0 Å². The SMILES string of the molecule is CC(=O)Oc1ccc([C@@H](N)c2ccsc2)cc1O.Cl. The van der Waals surface area contributed by atoms with E-state index in [0.29, 0.717) is 0 Å². The molecule has 1 heterocycles. The van der Waals surface area contributed by atoms with Crippen molar-refractivity contribution in [2.24, 2.45) is 5.73 Å². The zero-order valence-electron chi connectivity index (χ0n) is 10.2. The quantitative estimate of drug-likeness (QED) is 0.675. The minimum atomic E-state index is -0.472. The molecule has 1 aromatic heterocycles. The third-order valence-corrected chi connectivity index (χ3v) is 3.20. The van der Waals surface area contributed by atoms with E-state index in [9.17, 15) is 9.90 Å². The van der Waals surface area contributed by atoms with Crippen molar-refractivity contribution in [3.63, 3.8) is 0 Å². The van der Waals surface area contributed by atoms with Crippen molar-refractivity contribution in [1.29, 1.82) is 0 Å². The minimum Gasteiger partial charge on any atom is -0.504 e. The van der Waals surface area contributed by atoms with E-state index in [1.54, 1.807) is 17.4 Å². The van der Waals surface area contributed by atoms with Gasteiger partial charge in [-0.1, -0.05) is 6.07 Å². The first-order valence-electron chi connectivity index (χ1n) is 5.37. The van der Waals surface area contributed by atoms with Gasteiger partial charge in [-0.25, -0.2) is 0 Å². The number of nitrogens with two attached hydrogens (primary N) is 1. The fourth-order valence-corrected chi connectivity index (χ4v) is 2.31. The van der Waals surface area contributed by atoms with Crippen LogP contribution >= 0.6 is 23.7 Å². The van der Waals surface area contributed by atoms with Gasteiger partial charge in [0, 0.05) is 6.92 Å². The fraction of sp³-hybridized carbons (Fsp3) is 0.154. The highest BCUT2D eigenvalue weighted by Crippen LogP contribution is 2.31. The summed E-state index contributed by atoms with van der Waals surface area (Å²) in [5.74, 6) is -0.419. The van der Waals surface area contributed by atoms with Gasteiger partial charge >= 0.3 is 5.97 Å². The van der Waals surface area contributed by atoms with Gasteiger partial charge in [0.25, 0.3) is 0 Å². The highest BCUT2D eigenvalue weighted by atomic mass is 35.5. The van der Waals surface area contributed by atoms with Crippen LogP contribution in [-0.4, -0.2) is 11.1 Å². The molecule has 19 heavy (non-hydrogen) atoms. The molecular formula is C13H14ClNO3S. The Kier molecular flexibility index (Phi) is 5.35. The average Bonchev–Trinajstić information content (AvgIpc) is 2.84. The molecule has 0 aliphatic rings. The summed E-state index contributed by atoms with van der Waals surface area (Å²) in [4.78, 5) is 10.8. The van der Waals surface area contributed by atoms with Gasteiger partial charge in [0.1, 0.15) is 0 Å². The summed E-state index contributed by atoms with van der Waals surface area (Å²) in [6.45, 7) is 1.28. The van der Waals surface area contributed by atoms with E-state index in [1.807, 2.05) is 16.8 Å². The summed E-state index contributed by atoms with van der Waals surface area (Å²) < 4.78 is 4.84. The van der Waals surface area contributed by atoms with Crippen molar-refractivity contribution in [3.05, 3.63) is 46.2 Å². The second kappa shape index (κ2) is 6.56. The largest absolute Gasteiger partial charge is 0.504 e. The fourth-order valence-electron chi connectivity index (χ4n) is 1.61. The Morgan fingerprint density at radius 1 is 1.37 bits per heavy atom. The number of halogens is 1. The number of hydrogen-bond acceptors (Lipinski definition) is 5. The smallest absolute Gasteiger partial charge is 0.308 e. The number of hydrogen-bond donors (Lipinski definition) is 2. The summed E-state index contributed by atoms with van der Waals surface area (Å²) in [7, 11) is 0. The van der Waals surface area contributed by atoms with E-state index in [4.69, 9.17) is 10.5 Å². The average molecular weight is 300 g/mol. The Balaban J connectivity index is 0.00000180. The highest BCUT2D eigenvalue weighted by Gasteiger charge is 2.13. The number of benzene rings is 1. The van der Waals surface area contributed by atoms with Crippen LogP contribution < -0.4 is 10.5 Å². The lowest BCUT2D eigenvalue weighted by Gasteiger charge is -2.12. The predicted octanol–water partition coefficient (Wildman–Crippen LogP) is 2.85. The van der Waals surface area contributed by atoms with Gasteiger partial charge in [0.15, 0.2) is 11.5 Å². The second-order valence-electron chi connectivity index (χ2n) is 3.86. The van der Waals surface area contributed by atoms with Gasteiger partial charge in [0.05, 0.1) is 6.04 Å². The molecule has 0 amide bonds. The number of esters is 1. The van der Waals surface area contributed by atoms with E-state index in [-0.39, 0.29) is 29.9 Å². The molecule has 2 rings (SSSR count). The lowest BCUT2D eigenvalue weighted by atomic mass is 10.0. The monoisotopic (exact) mass is 299 g/mol. The number of carbonyl (C=O) groups is 1. The number of carbonyl (C=O) groups excluding carboxylic acids is 1. The van der Waals surface area contributed by atoms with Crippen molar-refractivity contribution >= 4 is 29.7 Å². The van der Waals surface area contributed by atoms with E-state index < -0.39 is 5.97 Å². The van der Waals surface area contributed by atoms with Crippen LogP contribution in [0.15, 0.2) is 35.0 Å². The molecule has 1 aromatic carbocycles. The molecular weight excluding hydrogens is 286 g/mol. The van der Waals surface area contributed by atoms with Crippen LogP contribution in [0.1, 0.15) is 24.1 Å². The van der Waals surface area contributed by atoms with Crippen molar-refractivity contribution < 1.29 is 14.6 Å². The molecule has 0 radical (unpaired) electrons. The molecule has 3 N–H and O–H groups in total. The molecule has 0 aliphatic heterocycles. The second-order valence-corrected chi connectivity index (χ2v) is 4.64. The van der Waals surface area contributed by atoms with Crippen molar-refractivity contribution in [2.75, 3.05) is 0 Å². The molecule has 0 saturated carbocycles. The summed E-state index contributed by atoms with van der Waals surface area (Å²) in [5.41, 5.74) is 7.82. The van der Waals surface area contributed by atoms with E-state index in [1.165, 1.54) is 19.1 Å². The van der Waals surface area contributed by atoms with Crippen molar-refractivity contribution in [3.8, 4) is 11.5 Å². The lowest BCUT2D eigenvalue weighted by molar-refractivity contribution is -0.132. The van der Waals surface area contributed by atoms with Crippen LogP contribution in [0.2, 0.25) is 0 Å². The Labute approximate surface area is 121 Å². The van der Waals surface area contributed by atoms with Gasteiger partial charge in [-0.2, -0.15) is 11.3 Å². The van der Waals surface area contributed by atoms with Gasteiger partial charge in [-0.15, -0.1) is 12.4 Å². The topological polar surface area (TPSA) is 72.5 Å². The Morgan fingerprint density at radius 2 is 2.11 bits per heavy atom. The van der Waals surface area contributed by atoms with E-state index >= 15 is 0 Å². The van der Waals surface area contributed by atoms with Crippen LogP contribution in [0.25, 0.3) is 0 Å². The maximum absolute atomic E-state index is 10.8. The maximum Gasteiger partial charge on any atom is 0.308 e. The molecule has 1 atom stereocenters. The molecule has 0 spiro atoms. The van der Waals surface area contributed by atoms with Crippen LogP contribution in [-0.2, 0) is 4.79 Å². The summed E-state index contributed by atoms with van der Waals surface area (Å²) in [6.07, 6.45) is 0. The molecule has 0 aliphatic carbocycles. The Morgan fingerprint density at radius 3 is 2.63 bits per heavy atom. The number of aromatic hydroxyl groups is 1. The first kappa shape index (κ1) is 15.5. The van der Waals surface area contributed by atoms with Crippen molar-refractivity contribution in [2.45, 2.75) is 13.0 Å². The van der Waals surface area contributed by atoms with Crippen LogP contribution in [0.5, 0.6) is 11.5 Å². The number of ether oxygens (including phenoxy) is 1. The summed E-state index contributed by atoms with van der Waals surface area (Å²) in [5, 5.41) is 13.7. The van der Waals surface area contributed by atoms with Crippen LogP contribution in [0.3, 0.4) is 0 Å². The van der Waals surface area contributed by atoms with Gasteiger partial charge in [-0.05, 0) is 40.1 Å². The van der Waals surface area contributed by atoms with Gasteiger partial charge < -0.3 is 15.6 Å². The molecule has 0 fully saturated rings. The number of rotatable bonds is 3. The van der Waals surface area contributed by atoms with Crippen LogP contribution in [0.4, 0.5) is 0 Å². The van der Waals surface area contributed by atoms with Crippen LogP contribution in [0, 0.1) is 0 Å². The maximum atomic E-state index is 10.8. The molecule has 0 unspecified atom stereocenters. The van der Waals surface area contributed by atoms with Gasteiger partial charge in [-0.3, -0.25) is 4.79 Å². The first-order chi connectivity index (χ1) is 8.58. The molecule has 102 valence electrons. The Bertz CT molecular complexity index is 557. The number of phenolic OH excluding ortho intramolecular Hbond substituents is 1. The first-order valence-corrected chi connectivity index (χ1v) is 6.31. The third kappa shape index (κ3) is 3.70. The summed E-state index contributed by atoms with van der Waals surface area (Å²) >= 11 is 1.57. The zero-order chi connectivity index (χ0) is 13.1. The lowest BCUT2D eigenvalue weighted by Crippen LogP contribution is -2.11. The summed E-state index contributed by atoms with van der Waals surface area (Å²) in [6, 6.07) is 6.43. The highest BCUT2D eigenvalue weighted by molar-refractivity contribution is 7.08. The van der Waals surface area contributed by atoms with E-state index in [2.05, 4.69) is 0 Å². The number of thiophene rings is 1. The van der Waals surface area contributed by atoms with Crippen molar-refractivity contribution in [1.82, 2.24) is 0 Å². The Hall–Kier alpha value is -1.56. The minimum absolute atomic E-state index is 0. The molecule has 4 nitrogen and oxygen atoms in total. The molecule has 2 aromatic rings. The third-order valence-electron chi connectivity index (χ3n) is 2.50. The number of phenols is 1. The normalized spacial score (nSPS) is 11.5. The molecule has 0 bridgehead atoms. The molecule has 6 heteroatoms. The zero-order valence-corrected chi connectivity index (χ0v) is 11.8. The predicted molar refractivity (Wildman–Crippen MR) is 77.0 cm³/mol.